The smallest absolute Gasteiger partial charge is 0.330 e. The highest BCUT2D eigenvalue weighted by atomic mass is 16.6. The van der Waals surface area contributed by atoms with E-state index in [2.05, 4.69) is 15.5 Å². The number of nitrogens with zero attached hydrogens (tertiary/aromatic N) is 5. The van der Waals surface area contributed by atoms with Crippen molar-refractivity contribution in [2.24, 2.45) is 14.1 Å². The van der Waals surface area contributed by atoms with E-state index in [4.69, 9.17) is 0 Å². The van der Waals surface area contributed by atoms with Crippen molar-refractivity contribution in [3.8, 4) is 0 Å². The number of rotatable bonds is 4. The maximum atomic E-state index is 10.8. The Morgan fingerprint density at radius 3 is 2.56 bits per heavy atom. The Bertz CT molecular complexity index is 585. The van der Waals surface area contributed by atoms with E-state index in [1.54, 1.807) is 11.7 Å². The van der Waals surface area contributed by atoms with Crippen molar-refractivity contribution in [1.82, 2.24) is 19.6 Å². The first-order valence-corrected chi connectivity index (χ1v) is 5.38. The van der Waals surface area contributed by atoms with Gasteiger partial charge in [-0.25, -0.2) is 0 Å². The topological polar surface area (TPSA) is 90.8 Å². The van der Waals surface area contributed by atoms with Crippen molar-refractivity contribution in [1.29, 1.82) is 0 Å². The first kappa shape index (κ1) is 12.1. The Kier molecular flexibility index (Phi) is 3.00. The lowest BCUT2D eigenvalue weighted by molar-refractivity contribution is -0.384. The average molecular weight is 250 g/mol. The largest absolute Gasteiger partial charge is 0.359 e. The average Bonchev–Trinajstić information content (AvgIpc) is 2.79. The number of anilines is 1. The first-order valence-electron chi connectivity index (χ1n) is 5.38. The zero-order valence-electron chi connectivity index (χ0n) is 10.4. The van der Waals surface area contributed by atoms with Crippen LogP contribution in [0.1, 0.15) is 11.3 Å². The number of hydrogen-bond acceptors (Lipinski definition) is 5. The molecule has 2 aromatic rings. The molecule has 0 aliphatic rings. The Labute approximate surface area is 103 Å². The van der Waals surface area contributed by atoms with Crippen LogP contribution < -0.4 is 5.32 Å². The molecule has 0 atom stereocenters. The number of hydrogen-bond donors (Lipinski definition) is 1. The fourth-order valence-electron chi connectivity index (χ4n) is 1.74. The van der Waals surface area contributed by atoms with Gasteiger partial charge in [0.2, 0.25) is 5.82 Å². The summed E-state index contributed by atoms with van der Waals surface area (Å²) in [6.07, 6.45) is 3.25. The molecule has 0 aliphatic carbocycles. The number of aromatic nitrogens is 4. The molecule has 0 saturated heterocycles. The van der Waals surface area contributed by atoms with Crippen LogP contribution in [-0.4, -0.2) is 24.5 Å². The van der Waals surface area contributed by atoms with Gasteiger partial charge in [0.1, 0.15) is 6.20 Å². The molecule has 0 saturated carbocycles. The molecule has 0 aliphatic heterocycles. The zero-order chi connectivity index (χ0) is 13.3. The van der Waals surface area contributed by atoms with Gasteiger partial charge in [-0.05, 0) is 6.92 Å². The molecule has 0 aromatic carbocycles. The summed E-state index contributed by atoms with van der Waals surface area (Å²) in [7, 11) is 3.48. The van der Waals surface area contributed by atoms with Gasteiger partial charge in [-0.3, -0.25) is 19.5 Å². The summed E-state index contributed by atoms with van der Waals surface area (Å²) in [5.41, 5.74) is 1.85. The lowest BCUT2D eigenvalue weighted by Gasteiger charge is -2.00. The minimum absolute atomic E-state index is 0.0287. The van der Waals surface area contributed by atoms with Gasteiger partial charge in [0.15, 0.2) is 0 Å². The van der Waals surface area contributed by atoms with Crippen LogP contribution >= 0.6 is 0 Å². The summed E-state index contributed by atoms with van der Waals surface area (Å²) in [6, 6.07) is 0. The van der Waals surface area contributed by atoms with Crippen molar-refractivity contribution in [3.05, 3.63) is 33.8 Å². The molecule has 1 N–H and O–H groups in total. The summed E-state index contributed by atoms with van der Waals surface area (Å²) in [5, 5.41) is 22.0. The predicted octanol–water partition coefficient (Wildman–Crippen LogP) is 0.982. The van der Waals surface area contributed by atoms with Crippen LogP contribution in [-0.2, 0) is 20.6 Å². The van der Waals surface area contributed by atoms with Gasteiger partial charge < -0.3 is 5.32 Å². The summed E-state index contributed by atoms with van der Waals surface area (Å²) in [6.45, 7) is 2.35. The fraction of sp³-hybridized carbons (Fsp3) is 0.400. The van der Waals surface area contributed by atoms with E-state index in [1.807, 2.05) is 20.2 Å². The molecule has 2 aromatic heterocycles. The predicted molar refractivity (Wildman–Crippen MR) is 65.1 cm³/mol. The maximum absolute atomic E-state index is 10.8. The highest BCUT2D eigenvalue weighted by Gasteiger charge is 2.18. The van der Waals surface area contributed by atoms with E-state index >= 15 is 0 Å². The summed E-state index contributed by atoms with van der Waals surface area (Å²) < 4.78 is 3.12. The van der Waals surface area contributed by atoms with Crippen LogP contribution in [0.4, 0.5) is 11.5 Å². The summed E-state index contributed by atoms with van der Waals surface area (Å²) in [5.74, 6) is 0.269. The third-order valence-corrected chi connectivity index (χ3v) is 2.57. The van der Waals surface area contributed by atoms with E-state index in [0.29, 0.717) is 6.54 Å². The zero-order valence-corrected chi connectivity index (χ0v) is 10.4. The highest BCUT2D eigenvalue weighted by Crippen LogP contribution is 2.22. The Balaban J connectivity index is 2.15. The van der Waals surface area contributed by atoms with Crippen LogP contribution in [0.15, 0.2) is 12.4 Å². The van der Waals surface area contributed by atoms with Gasteiger partial charge in [-0.15, -0.1) is 5.10 Å². The second-order valence-corrected chi connectivity index (χ2v) is 4.06. The molecule has 8 heteroatoms. The minimum Gasteiger partial charge on any atom is -0.359 e. The second-order valence-electron chi connectivity index (χ2n) is 4.06. The molecule has 0 spiro atoms. The quantitative estimate of drug-likeness (QED) is 0.645. The van der Waals surface area contributed by atoms with Gasteiger partial charge in [0, 0.05) is 32.4 Å². The highest BCUT2D eigenvalue weighted by molar-refractivity contribution is 5.54. The molecule has 0 bridgehead atoms. The SMILES string of the molecule is Cc1nn(C)cc1CNc1nn(C)cc1[N+](=O)[O-]. The van der Waals surface area contributed by atoms with Crippen molar-refractivity contribution < 1.29 is 4.92 Å². The van der Waals surface area contributed by atoms with Crippen LogP contribution in [0.3, 0.4) is 0 Å². The Morgan fingerprint density at radius 1 is 1.33 bits per heavy atom. The fourth-order valence-corrected chi connectivity index (χ4v) is 1.74. The number of aryl methyl sites for hydroxylation is 3. The monoisotopic (exact) mass is 250 g/mol. The summed E-state index contributed by atoms with van der Waals surface area (Å²) >= 11 is 0. The lowest BCUT2D eigenvalue weighted by Crippen LogP contribution is -2.03. The van der Waals surface area contributed by atoms with Gasteiger partial charge in [-0.2, -0.15) is 5.10 Å². The van der Waals surface area contributed by atoms with Gasteiger partial charge in [0.25, 0.3) is 0 Å². The first-order chi connectivity index (χ1) is 8.47. The molecular formula is C10H14N6O2. The van der Waals surface area contributed by atoms with Gasteiger partial charge in [0.05, 0.1) is 10.6 Å². The molecule has 0 unspecified atom stereocenters. The van der Waals surface area contributed by atoms with E-state index in [1.165, 1.54) is 10.9 Å². The van der Waals surface area contributed by atoms with Gasteiger partial charge >= 0.3 is 5.69 Å². The molecule has 2 rings (SSSR count). The van der Waals surface area contributed by atoms with Crippen molar-refractivity contribution in [3.63, 3.8) is 0 Å². The van der Waals surface area contributed by atoms with Crippen LogP contribution in [0.25, 0.3) is 0 Å². The van der Waals surface area contributed by atoms with E-state index in [0.717, 1.165) is 11.3 Å². The summed E-state index contributed by atoms with van der Waals surface area (Å²) in [4.78, 5) is 10.4. The Morgan fingerprint density at radius 2 is 2.00 bits per heavy atom. The van der Waals surface area contributed by atoms with E-state index in [9.17, 15) is 10.1 Å². The molecule has 18 heavy (non-hydrogen) atoms. The number of nitro groups is 1. The molecule has 0 fully saturated rings. The van der Waals surface area contributed by atoms with Crippen molar-refractivity contribution in [2.45, 2.75) is 13.5 Å². The molecule has 96 valence electrons. The molecule has 2 heterocycles. The van der Waals surface area contributed by atoms with Crippen LogP contribution in [0, 0.1) is 17.0 Å². The molecular weight excluding hydrogens is 236 g/mol. The van der Waals surface area contributed by atoms with E-state index < -0.39 is 4.92 Å². The van der Waals surface area contributed by atoms with Crippen LogP contribution in [0.5, 0.6) is 0 Å². The normalized spacial score (nSPS) is 10.6. The second kappa shape index (κ2) is 4.47. The molecule has 0 amide bonds. The molecule has 0 radical (unpaired) electrons. The lowest BCUT2D eigenvalue weighted by atomic mass is 10.2. The Hall–Kier alpha value is -2.38. The third kappa shape index (κ3) is 2.31. The molecule has 8 nitrogen and oxygen atoms in total. The van der Waals surface area contributed by atoms with Crippen molar-refractivity contribution >= 4 is 11.5 Å². The standard InChI is InChI=1S/C10H14N6O2/c1-7-8(5-14(2)12-7)4-11-10-9(16(17)18)6-15(3)13-10/h5-6H,4H2,1-3H3,(H,11,13). The minimum atomic E-state index is -0.453. The van der Waals surface area contributed by atoms with E-state index in [-0.39, 0.29) is 11.5 Å². The number of nitrogens with one attached hydrogen (secondary N) is 1. The third-order valence-electron chi connectivity index (χ3n) is 2.57. The van der Waals surface area contributed by atoms with Crippen LogP contribution in [0.2, 0.25) is 0 Å². The maximum Gasteiger partial charge on any atom is 0.330 e. The van der Waals surface area contributed by atoms with Crippen molar-refractivity contribution in [2.75, 3.05) is 5.32 Å². The van der Waals surface area contributed by atoms with Gasteiger partial charge in [-0.1, -0.05) is 0 Å².